The number of nitrogens with two attached hydrogens (primary N) is 1. The number of rotatable bonds is 8. The van der Waals surface area contributed by atoms with Crippen LogP contribution >= 0.6 is 0 Å². The van der Waals surface area contributed by atoms with Gasteiger partial charge in [-0.15, -0.1) is 0 Å². The number of nitrogen functional groups attached to an aromatic ring is 1. The Morgan fingerprint density at radius 1 is 0.964 bits per heavy atom. The summed E-state index contributed by atoms with van der Waals surface area (Å²) in [6, 6.07) is 8.57. The minimum Gasteiger partial charge on any atom is -0.396 e. The molecule has 1 aliphatic rings. The van der Waals surface area contributed by atoms with Gasteiger partial charge in [-0.25, -0.2) is 0 Å². The smallest absolute Gasteiger partial charge is 0.196 e. The normalized spacial score (nSPS) is 12.7. The molecule has 148 valence electrons. The quantitative estimate of drug-likeness (QED) is 0.285. The minimum atomic E-state index is -0.254. The van der Waals surface area contributed by atoms with Crippen molar-refractivity contribution >= 4 is 28.6 Å². The number of hydrogen-bond donors (Lipinski definition) is 5. The number of carbonyl (C=O) groups is 2. The molecule has 0 radical (unpaired) electrons. The SMILES string of the molecule is C[NH+](C)CCCNc1cc(NCCO)c(N)c2c1C(=O)c1ccccc1C2=O. The van der Waals surface area contributed by atoms with Crippen LogP contribution in [0.5, 0.6) is 0 Å². The van der Waals surface area contributed by atoms with Crippen molar-refractivity contribution in [3.8, 4) is 0 Å². The summed E-state index contributed by atoms with van der Waals surface area (Å²) in [4.78, 5) is 27.7. The molecule has 3 rings (SSSR count). The van der Waals surface area contributed by atoms with Gasteiger partial charge in [-0.05, 0) is 6.07 Å². The van der Waals surface area contributed by atoms with Gasteiger partial charge in [0.25, 0.3) is 0 Å². The molecule has 7 nitrogen and oxygen atoms in total. The summed E-state index contributed by atoms with van der Waals surface area (Å²) in [5.74, 6) is -0.456. The van der Waals surface area contributed by atoms with Crippen LogP contribution in [0.2, 0.25) is 0 Å². The molecule has 0 amide bonds. The number of benzene rings is 2. The number of anilines is 3. The number of aliphatic hydroxyl groups is 1. The number of ketones is 2. The maximum Gasteiger partial charge on any atom is 0.196 e. The molecule has 0 bridgehead atoms. The second-order valence-electron chi connectivity index (χ2n) is 7.23. The third kappa shape index (κ3) is 3.72. The number of hydrogen-bond acceptors (Lipinski definition) is 6. The van der Waals surface area contributed by atoms with Gasteiger partial charge in [0.05, 0.1) is 49.7 Å². The van der Waals surface area contributed by atoms with Crippen LogP contribution < -0.4 is 21.3 Å². The van der Waals surface area contributed by atoms with E-state index in [1.807, 2.05) is 0 Å². The molecule has 2 aromatic carbocycles. The molecular formula is C21H27N4O3+. The van der Waals surface area contributed by atoms with Crippen molar-refractivity contribution in [1.82, 2.24) is 0 Å². The van der Waals surface area contributed by atoms with Crippen LogP contribution in [0.25, 0.3) is 0 Å². The number of fused-ring (bicyclic) bond motifs is 2. The lowest BCUT2D eigenvalue weighted by atomic mass is 9.82. The van der Waals surface area contributed by atoms with E-state index >= 15 is 0 Å². The van der Waals surface area contributed by atoms with Crippen LogP contribution in [0.1, 0.15) is 38.3 Å². The standard InChI is InChI=1S/C21H26N4O3/c1-25(2)10-5-8-23-15-12-16(24-9-11-26)19(22)18-17(15)20(27)13-6-3-4-7-14(13)21(18)28/h3-4,6-7,12,23-24,26H,5,8-11,22H2,1-2H3/p+1. The van der Waals surface area contributed by atoms with Gasteiger partial charge in [-0.1, -0.05) is 24.3 Å². The fourth-order valence-corrected chi connectivity index (χ4v) is 3.46. The van der Waals surface area contributed by atoms with E-state index in [0.717, 1.165) is 13.0 Å². The van der Waals surface area contributed by atoms with E-state index in [2.05, 4.69) is 24.7 Å². The molecule has 0 saturated heterocycles. The van der Waals surface area contributed by atoms with E-state index in [9.17, 15) is 9.59 Å². The van der Waals surface area contributed by atoms with E-state index in [1.165, 1.54) is 4.90 Å². The molecule has 7 heteroatoms. The molecule has 0 atom stereocenters. The summed E-state index contributed by atoms with van der Waals surface area (Å²) >= 11 is 0. The van der Waals surface area contributed by atoms with Crippen LogP contribution in [0.3, 0.4) is 0 Å². The summed E-state index contributed by atoms with van der Waals surface area (Å²) in [5.41, 5.74) is 8.95. The zero-order valence-electron chi connectivity index (χ0n) is 16.3. The van der Waals surface area contributed by atoms with Gasteiger partial charge in [-0.2, -0.15) is 0 Å². The Bertz CT molecular complexity index is 909. The molecule has 0 aliphatic heterocycles. The Morgan fingerprint density at radius 3 is 2.18 bits per heavy atom. The van der Waals surface area contributed by atoms with Crippen molar-refractivity contribution < 1.29 is 19.6 Å². The van der Waals surface area contributed by atoms with Crippen molar-refractivity contribution in [2.45, 2.75) is 6.42 Å². The van der Waals surface area contributed by atoms with E-state index in [1.54, 1.807) is 30.3 Å². The molecule has 0 fully saturated rings. The lowest BCUT2D eigenvalue weighted by molar-refractivity contribution is -0.858. The van der Waals surface area contributed by atoms with Crippen LogP contribution in [0.15, 0.2) is 30.3 Å². The van der Waals surface area contributed by atoms with Crippen LogP contribution in [-0.2, 0) is 0 Å². The molecule has 0 heterocycles. The summed E-state index contributed by atoms with van der Waals surface area (Å²) in [5, 5.41) is 15.5. The second-order valence-corrected chi connectivity index (χ2v) is 7.23. The van der Waals surface area contributed by atoms with Crippen molar-refractivity contribution in [1.29, 1.82) is 0 Å². The van der Waals surface area contributed by atoms with Gasteiger partial charge >= 0.3 is 0 Å². The Labute approximate surface area is 164 Å². The molecule has 1 aliphatic carbocycles. The Morgan fingerprint density at radius 2 is 1.57 bits per heavy atom. The largest absolute Gasteiger partial charge is 0.396 e. The molecular weight excluding hydrogens is 356 g/mol. The first-order valence-electron chi connectivity index (χ1n) is 9.48. The molecule has 0 aromatic heterocycles. The van der Waals surface area contributed by atoms with Crippen molar-refractivity contribution in [3.05, 3.63) is 52.6 Å². The predicted octanol–water partition coefficient (Wildman–Crippen LogP) is 0.395. The topological polar surface area (TPSA) is 109 Å². The summed E-state index contributed by atoms with van der Waals surface area (Å²) in [7, 11) is 4.17. The number of carbonyl (C=O) groups excluding carboxylic acids is 2. The fraction of sp³-hybridized carbons (Fsp3) is 0.333. The van der Waals surface area contributed by atoms with Crippen molar-refractivity contribution in [3.63, 3.8) is 0 Å². The van der Waals surface area contributed by atoms with Gasteiger partial charge < -0.3 is 26.4 Å². The summed E-state index contributed by atoms with van der Waals surface area (Å²) in [6.45, 7) is 1.88. The summed E-state index contributed by atoms with van der Waals surface area (Å²) < 4.78 is 0. The average molecular weight is 383 g/mol. The number of quaternary nitrogens is 1. The van der Waals surface area contributed by atoms with Gasteiger partial charge in [-0.3, -0.25) is 9.59 Å². The number of nitrogens with one attached hydrogen (secondary N) is 3. The van der Waals surface area contributed by atoms with Gasteiger partial charge in [0.1, 0.15) is 0 Å². The number of aliphatic hydroxyl groups excluding tert-OH is 1. The first-order chi connectivity index (χ1) is 13.5. The third-order valence-corrected chi connectivity index (χ3v) is 4.83. The first kappa shape index (κ1) is 19.9. The third-order valence-electron chi connectivity index (χ3n) is 4.83. The lowest BCUT2D eigenvalue weighted by Gasteiger charge is -2.24. The van der Waals surface area contributed by atoms with Crippen molar-refractivity contribution in [2.75, 3.05) is 56.7 Å². The van der Waals surface area contributed by atoms with E-state index < -0.39 is 0 Å². The lowest BCUT2D eigenvalue weighted by Crippen LogP contribution is -3.05. The zero-order valence-corrected chi connectivity index (χ0v) is 16.3. The Hall–Kier alpha value is -2.90. The first-order valence-corrected chi connectivity index (χ1v) is 9.48. The van der Waals surface area contributed by atoms with Crippen LogP contribution in [0.4, 0.5) is 17.1 Å². The maximum absolute atomic E-state index is 13.2. The average Bonchev–Trinajstić information content (AvgIpc) is 2.68. The molecule has 2 aromatic rings. The van der Waals surface area contributed by atoms with Gasteiger partial charge in [0, 0.05) is 36.3 Å². The highest BCUT2D eigenvalue weighted by atomic mass is 16.3. The predicted molar refractivity (Wildman–Crippen MR) is 111 cm³/mol. The maximum atomic E-state index is 13.2. The van der Waals surface area contributed by atoms with Gasteiger partial charge in [0.2, 0.25) is 0 Å². The zero-order chi connectivity index (χ0) is 20.3. The fourth-order valence-electron chi connectivity index (χ4n) is 3.46. The monoisotopic (exact) mass is 383 g/mol. The van der Waals surface area contributed by atoms with E-state index in [0.29, 0.717) is 41.2 Å². The highest BCUT2D eigenvalue weighted by Gasteiger charge is 2.34. The van der Waals surface area contributed by atoms with Crippen molar-refractivity contribution in [2.24, 2.45) is 0 Å². The Kier molecular flexibility index (Phi) is 5.96. The Balaban J connectivity index is 2.06. The molecule has 0 spiro atoms. The second kappa shape index (κ2) is 8.41. The van der Waals surface area contributed by atoms with Gasteiger partial charge in [0.15, 0.2) is 11.6 Å². The van der Waals surface area contributed by atoms with Crippen LogP contribution in [-0.4, -0.2) is 57.0 Å². The van der Waals surface area contributed by atoms with Crippen LogP contribution in [0, 0.1) is 0 Å². The molecule has 6 N–H and O–H groups in total. The highest BCUT2D eigenvalue weighted by molar-refractivity contribution is 6.32. The molecule has 0 saturated carbocycles. The summed E-state index contributed by atoms with van der Waals surface area (Å²) in [6.07, 6.45) is 0.916. The highest BCUT2D eigenvalue weighted by Crippen LogP contribution is 2.39. The molecule has 0 unspecified atom stereocenters. The minimum absolute atomic E-state index is 0.0688. The van der Waals surface area contributed by atoms with E-state index in [4.69, 9.17) is 10.8 Å². The van der Waals surface area contributed by atoms with E-state index in [-0.39, 0.29) is 29.4 Å². The molecule has 28 heavy (non-hydrogen) atoms.